The van der Waals surface area contributed by atoms with Crippen LogP contribution in [-0.2, 0) is 15.6 Å². The monoisotopic (exact) mass is 513 g/mol. The zero-order valence-corrected chi connectivity index (χ0v) is 22.0. The van der Waals surface area contributed by atoms with Gasteiger partial charge in [0.05, 0.1) is 36.4 Å². The molecule has 11 heteroatoms. The normalized spacial score (nSPS) is 27.6. The van der Waals surface area contributed by atoms with E-state index in [4.69, 9.17) is 0 Å². The van der Waals surface area contributed by atoms with Crippen molar-refractivity contribution in [3.63, 3.8) is 0 Å². The molecule has 1 saturated carbocycles. The van der Waals surface area contributed by atoms with E-state index >= 15 is 0 Å². The molecule has 1 aromatic heterocycles. The summed E-state index contributed by atoms with van der Waals surface area (Å²) < 4.78 is 25.0. The van der Waals surface area contributed by atoms with Gasteiger partial charge in [-0.1, -0.05) is 30.3 Å². The van der Waals surface area contributed by atoms with Crippen molar-refractivity contribution in [1.82, 2.24) is 24.5 Å². The first kappa shape index (κ1) is 24.9. The summed E-state index contributed by atoms with van der Waals surface area (Å²) in [6, 6.07) is 10.5. The van der Waals surface area contributed by atoms with E-state index in [1.165, 1.54) is 16.1 Å². The van der Waals surface area contributed by atoms with Gasteiger partial charge in [-0.3, -0.25) is 9.80 Å². The predicted octanol–water partition coefficient (Wildman–Crippen LogP) is 1.86. The molecular weight excluding hydrogens is 478 g/mol. The van der Waals surface area contributed by atoms with Crippen LogP contribution in [0.25, 0.3) is 0 Å². The number of anilines is 2. The summed E-state index contributed by atoms with van der Waals surface area (Å²) in [6.45, 7) is 2.50. The highest BCUT2D eigenvalue weighted by atomic mass is 32.2. The van der Waals surface area contributed by atoms with Gasteiger partial charge in [0.15, 0.2) is 0 Å². The highest BCUT2D eigenvalue weighted by Gasteiger charge is 2.50. The van der Waals surface area contributed by atoms with Crippen molar-refractivity contribution in [2.45, 2.75) is 36.8 Å². The average Bonchev–Trinajstić information content (AvgIpc) is 3.20. The lowest BCUT2D eigenvalue weighted by Crippen LogP contribution is -2.54. The second kappa shape index (κ2) is 9.28. The van der Waals surface area contributed by atoms with Crippen LogP contribution in [0, 0.1) is 0 Å². The van der Waals surface area contributed by atoms with E-state index in [0.29, 0.717) is 44.4 Å². The van der Waals surface area contributed by atoms with Crippen LogP contribution < -0.4 is 15.1 Å². The number of nitrogens with zero attached hydrogens (tertiary/aromatic N) is 6. The molecule has 2 aromatic rings. The zero-order valence-electron chi connectivity index (χ0n) is 21.2. The van der Waals surface area contributed by atoms with Crippen molar-refractivity contribution in [2.24, 2.45) is 0 Å². The summed E-state index contributed by atoms with van der Waals surface area (Å²) in [5.41, 5.74) is 1.71. The van der Waals surface area contributed by atoms with E-state index < -0.39 is 10.0 Å². The molecule has 10 nitrogen and oxygen atoms in total. The number of rotatable bonds is 5. The molecule has 1 spiro atoms. The molecule has 1 aromatic carbocycles. The van der Waals surface area contributed by atoms with Gasteiger partial charge in [-0.05, 0) is 45.3 Å². The molecule has 2 aliphatic heterocycles. The summed E-state index contributed by atoms with van der Waals surface area (Å²) >= 11 is 0. The minimum absolute atomic E-state index is 0.0312. The van der Waals surface area contributed by atoms with E-state index in [2.05, 4.69) is 64.6 Å². The summed E-state index contributed by atoms with van der Waals surface area (Å²) in [4.78, 5) is 28.1. The van der Waals surface area contributed by atoms with Gasteiger partial charge in [0.1, 0.15) is 0 Å². The largest absolute Gasteiger partial charge is 0.338 e. The van der Waals surface area contributed by atoms with Crippen molar-refractivity contribution < 1.29 is 13.2 Å². The van der Waals surface area contributed by atoms with Crippen LogP contribution in [0.5, 0.6) is 0 Å². The Morgan fingerprint density at radius 1 is 0.944 bits per heavy atom. The van der Waals surface area contributed by atoms with Crippen molar-refractivity contribution in [3.05, 3.63) is 48.3 Å². The summed E-state index contributed by atoms with van der Waals surface area (Å²) in [5, 5.41) is 3.28. The number of benzene rings is 1. The van der Waals surface area contributed by atoms with Gasteiger partial charge in [0.25, 0.3) is 0 Å². The Kier molecular flexibility index (Phi) is 6.42. The fourth-order valence-corrected chi connectivity index (χ4v) is 6.75. The fraction of sp³-hybridized carbons (Fsp3) is 0.560. The van der Waals surface area contributed by atoms with Crippen LogP contribution in [0.2, 0.25) is 0 Å². The maximum Gasteiger partial charge on any atom is 0.322 e. The Hall–Kier alpha value is -2.76. The van der Waals surface area contributed by atoms with E-state index in [1.807, 2.05) is 4.90 Å². The molecule has 5 rings (SSSR count). The molecule has 1 N–H and O–H groups in total. The molecule has 194 valence electrons. The number of hydrogen-bond acceptors (Lipinski definition) is 7. The second-order valence-corrected chi connectivity index (χ2v) is 12.5. The zero-order chi connectivity index (χ0) is 25.6. The number of urea groups is 1. The molecule has 0 unspecified atom stereocenters. The predicted molar refractivity (Wildman–Crippen MR) is 140 cm³/mol. The van der Waals surface area contributed by atoms with Crippen LogP contribution in [0.4, 0.5) is 16.4 Å². The molecule has 0 bridgehead atoms. The summed E-state index contributed by atoms with van der Waals surface area (Å²) in [7, 11) is 1.10. The van der Waals surface area contributed by atoms with E-state index in [1.54, 1.807) is 17.3 Å². The van der Waals surface area contributed by atoms with Gasteiger partial charge in [-0.2, -0.15) is 4.31 Å². The molecule has 36 heavy (non-hydrogen) atoms. The molecular formula is C25H35N7O3S. The van der Waals surface area contributed by atoms with Gasteiger partial charge in [0.2, 0.25) is 16.0 Å². The topological polar surface area (TPSA) is 102 Å². The van der Waals surface area contributed by atoms with E-state index in [9.17, 15) is 13.2 Å². The molecule has 3 heterocycles. The summed E-state index contributed by atoms with van der Waals surface area (Å²) in [5.74, 6) is 0.553. The Labute approximate surface area is 213 Å². The number of amides is 2. The van der Waals surface area contributed by atoms with Crippen molar-refractivity contribution in [3.8, 4) is 0 Å². The quantitative estimate of drug-likeness (QED) is 0.651. The third-order valence-electron chi connectivity index (χ3n) is 8.21. The number of aromatic nitrogens is 2. The number of nitrogens with one attached hydrogen (secondary N) is 1. The minimum atomic E-state index is -3.19. The maximum absolute atomic E-state index is 13.0. The van der Waals surface area contributed by atoms with Crippen LogP contribution in [0.3, 0.4) is 0 Å². The first-order chi connectivity index (χ1) is 17.1. The smallest absolute Gasteiger partial charge is 0.322 e. The van der Waals surface area contributed by atoms with Gasteiger partial charge in [0, 0.05) is 31.7 Å². The molecule has 1 aliphatic carbocycles. The number of carbonyl (C=O) groups is 1. The van der Waals surface area contributed by atoms with Gasteiger partial charge >= 0.3 is 6.03 Å². The molecule has 3 aliphatic rings. The van der Waals surface area contributed by atoms with Crippen LogP contribution in [-0.4, -0.2) is 92.2 Å². The standard InChI is InChI=1S/C25H35N7O3S/c1-29(2)25(20-7-5-4-6-8-20)11-9-24(10-12-25)19-32(23(33)28-24)21-17-26-22(27-18-21)30-13-15-31(16-14-30)36(3,34)35/h4-8,17-18H,9-16,19H2,1-3H3,(H,28,33). The number of piperazine rings is 1. The van der Waals surface area contributed by atoms with Crippen molar-refractivity contribution in [2.75, 3.05) is 62.9 Å². The highest BCUT2D eigenvalue weighted by Crippen LogP contribution is 2.46. The fourth-order valence-electron chi connectivity index (χ4n) is 5.92. The molecule has 0 radical (unpaired) electrons. The van der Waals surface area contributed by atoms with Crippen LogP contribution >= 0.6 is 0 Å². The van der Waals surface area contributed by atoms with Crippen LogP contribution in [0.1, 0.15) is 31.2 Å². The van der Waals surface area contributed by atoms with Gasteiger partial charge < -0.3 is 10.2 Å². The van der Waals surface area contributed by atoms with Crippen molar-refractivity contribution >= 4 is 27.7 Å². The maximum atomic E-state index is 13.0. The van der Waals surface area contributed by atoms with E-state index in [-0.39, 0.29) is 17.1 Å². The van der Waals surface area contributed by atoms with Gasteiger partial charge in [-0.25, -0.2) is 23.2 Å². The number of sulfonamides is 1. The Bertz CT molecular complexity index is 1190. The SMILES string of the molecule is CN(C)C1(c2ccccc2)CCC2(CC1)CN(c1cnc(N3CCN(S(C)(=O)=O)CC3)nc1)C(=O)N2. The summed E-state index contributed by atoms with van der Waals surface area (Å²) in [6.07, 6.45) is 8.34. The molecule has 3 fully saturated rings. The first-order valence-corrected chi connectivity index (χ1v) is 14.3. The second-order valence-electron chi connectivity index (χ2n) is 10.5. The van der Waals surface area contributed by atoms with Gasteiger partial charge in [-0.15, -0.1) is 0 Å². The minimum Gasteiger partial charge on any atom is -0.338 e. The number of carbonyl (C=O) groups excluding carboxylic acids is 1. The van der Waals surface area contributed by atoms with Crippen molar-refractivity contribution in [1.29, 1.82) is 0 Å². The highest BCUT2D eigenvalue weighted by molar-refractivity contribution is 7.88. The lowest BCUT2D eigenvalue weighted by atomic mass is 9.69. The Balaban J connectivity index is 1.25. The third-order valence-corrected chi connectivity index (χ3v) is 9.51. The first-order valence-electron chi connectivity index (χ1n) is 12.5. The third kappa shape index (κ3) is 4.55. The lowest BCUT2D eigenvalue weighted by molar-refractivity contribution is 0.0658. The molecule has 2 amide bonds. The molecule has 0 atom stereocenters. The Morgan fingerprint density at radius 3 is 2.11 bits per heavy atom. The van der Waals surface area contributed by atoms with E-state index in [0.717, 1.165) is 25.7 Å². The lowest BCUT2D eigenvalue weighted by Gasteiger charge is -2.48. The number of hydrogen-bond donors (Lipinski definition) is 1. The Morgan fingerprint density at radius 2 is 1.56 bits per heavy atom. The van der Waals surface area contributed by atoms with Crippen LogP contribution in [0.15, 0.2) is 42.7 Å². The molecule has 2 saturated heterocycles. The average molecular weight is 514 g/mol.